The first-order valence-corrected chi connectivity index (χ1v) is 7.59. The molecule has 4 heteroatoms. The maximum atomic E-state index is 5.92. The molecular weight excluding hydrogens is 246 g/mol. The third-order valence-electron chi connectivity index (χ3n) is 4.20. The summed E-state index contributed by atoms with van der Waals surface area (Å²) < 4.78 is 11.5. The molecule has 3 atom stereocenters. The highest BCUT2D eigenvalue weighted by molar-refractivity contribution is 7.10. The van der Waals surface area contributed by atoms with Crippen LogP contribution in [0.15, 0.2) is 11.4 Å². The summed E-state index contributed by atoms with van der Waals surface area (Å²) in [5.41, 5.74) is 1.41. The largest absolute Gasteiger partial charge is 0.377 e. The van der Waals surface area contributed by atoms with Gasteiger partial charge >= 0.3 is 0 Å². The Bertz CT molecular complexity index is 406. The highest BCUT2D eigenvalue weighted by Gasteiger charge is 2.44. The van der Waals surface area contributed by atoms with Gasteiger partial charge in [0.2, 0.25) is 0 Å². The second kappa shape index (κ2) is 5.29. The van der Waals surface area contributed by atoms with E-state index in [1.807, 2.05) is 11.3 Å². The van der Waals surface area contributed by atoms with Crippen molar-refractivity contribution >= 4 is 11.3 Å². The number of fused-ring (bicyclic) bond motifs is 1. The Balaban J connectivity index is 1.74. The van der Waals surface area contributed by atoms with Crippen molar-refractivity contribution in [2.45, 2.75) is 44.6 Å². The quantitative estimate of drug-likeness (QED) is 0.839. The summed E-state index contributed by atoms with van der Waals surface area (Å²) in [5.74, 6) is 0. The third kappa shape index (κ3) is 2.23. The molecule has 0 aliphatic carbocycles. The van der Waals surface area contributed by atoms with Crippen molar-refractivity contribution in [2.75, 3.05) is 20.3 Å². The van der Waals surface area contributed by atoms with Crippen molar-refractivity contribution < 1.29 is 9.47 Å². The average molecular weight is 267 g/mol. The Morgan fingerprint density at radius 1 is 1.56 bits per heavy atom. The number of rotatable bonds is 3. The molecule has 0 unspecified atom stereocenters. The summed E-state index contributed by atoms with van der Waals surface area (Å²) in [6, 6.07) is 2.75. The molecule has 2 saturated heterocycles. The van der Waals surface area contributed by atoms with E-state index in [0.29, 0.717) is 6.04 Å². The summed E-state index contributed by atoms with van der Waals surface area (Å²) in [6.45, 7) is 5.15. The number of likely N-dealkylation sites (tertiary alicyclic amines) is 1. The van der Waals surface area contributed by atoms with Gasteiger partial charge < -0.3 is 9.47 Å². The van der Waals surface area contributed by atoms with E-state index in [1.165, 1.54) is 23.3 Å². The lowest BCUT2D eigenvalue weighted by Crippen LogP contribution is -2.41. The van der Waals surface area contributed by atoms with Crippen LogP contribution in [-0.4, -0.2) is 43.4 Å². The van der Waals surface area contributed by atoms with Gasteiger partial charge in [-0.2, -0.15) is 0 Å². The number of methoxy groups -OCH3 is 1. The van der Waals surface area contributed by atoms with E-state index in [1.54, 1.807) is 7.11 Å². The maximum absolute atomic E-state index is 5.92. The molecule has 18 heavy (non-hydrogen) atoms. The lowest BCUT2D eigenvalue weighted by Gasteiger charge is -2.32. The normalized spacial score (nSPS) is 32.7. The van der Waals surface area contributed by atoms with Gasteiger partial charge in [-0.05, 0) is 36.8 Å². The minimum Gasteiger partial charge on any atom is -0.377 e. The Kier molecular flexibility index (Phi) is 3.71. The molecule has 0 radical (unpaired) electrons. The fourth-order valence-corrected chi connectivity index (χ4v) is 4.07. The molecule has 1 aromatic rings. The monoisotopic (exact) mass is 267 g/mol. The van der Waals surface area contributed by atoms with E-state index in [2.05, 4.69) is 23.3 Å². The van der Waals surface area contributed by atoms with Gasteiger partial charge in [0.05, 0.1) is 6.10 Å². The molecule has 0 bridgehead atoms. The Morgan fingerprint density at radius 3 is 3.17 bits per heavy atom. The minimum atomic E-state index is 0.246. The lowest BCUT2D eigenvalue weighted by molar-refractivity contribution is -0.0655. The Hall–Kier alpha value is -0.420. The van der Waals surface area contributed by atoms with E-state index >= 15 is 0 Å². The molecule has 2 fully saturated rings. The van der Waals surface area contributed by atoms with Crippen molar-refractivity contribution in [1.82, 2.24) is 4.90 Å². The second-order valence-corrected chi connectivity index (χ2v) is 6.28. The van der Waals surface area contributed by atoms with Crippen LogP contribution in [-0.2, 0) is 16.0 Å². The summed E-state index contributed by atoms with van der Waals surface area (Å²) in [6.07, 6.45) is 2.95. The number of nitrogens with zero attached hydrogens (tertiary/aromatic N) is 1. The molecule has 3 nitrogen and oxygen atoms in total. The van der Waals surface area contributed by atoms with Gasteiger partial charge in [0.1, 0.15) is 6.10 Å². The van der Waals surface area contributed by atoms with E-state index in [9.17, 15) is 0 Å². The van der Waals surface area contributed by atoms with Gasteiger partial charge in [0, 0.05) is 37.7 Å². The topological polar surface area (TPSA) is 21.7 Å². The lowest BCUT2D eigenvalue weighted by atomic mass is 10.0. The summed E-state index contributed by atoms with van der Waals surface area (Å²) in [7, 11) is 1.81. The van der Waals surface area contributed by atoms with Crippen LogP contribution in [0.5, 0.6) is 0 Å². The van der Waals surface area contributed by atoms with E-state index < -0.39 is 0 Å². The number of hydrogen-bond donors (Lipinski definition) is 0. The number of ether oxygens (including phenoxy) is 2. The molecule has 100 valence electrons. The van der Waals surface area contributed by atoms with Gasteiger partial charge in [0.15, 0.2) is 0 Å². The van der Waals surface area contributed by atoms with E-state index in [4.69, 9.17) is 9.47 Å². The van der Waals surface area contributed by atoms with Crippen molar-refractivity contribution in [3.63, 3.8) is 0 Å². The minimum absolute atomic E-state index is 0.246. The zero-order valence-corrected chi connectivity index (χ0v) is 11.9. The fraction of sp³-hybridized carbons (Fsp3) is 0.714. The first kappa shape index (κ1) is 12.6. The molecule has 3 heterocycles. The zero-order valence-electron chi connectivity index (χ0n) is 11.1. The summed E-state index contributed by atoms with van der Waals surface area (Å²) in [4.78, 5) is 4.03. The van der Waals surface area contributed by atoms with Crippen molar-refractivity contribution in [3.05, 3.63) is 21.9 Å². The smallest absolute Gasteiger partial charge is 0.100 e. The van der Waals surface area contributed by atoms with Gasteiger partial charge in [-0.15, -0.1) is 11.3 Å². The predicted molar refractivity (Wildman–Crippen MR) is 73.0 cm³/mol. The number of hydrogen-bond acceptors (Lipinski definition) is 4. The highest BCUT2D eigenvalue weighted by atomic mass is 32.1. The van der Waals surface area contributed by atoms with Crippen LogP contribution in [0, 0.1) is 6.92 Å². The fourth-order valence-electron chi connectivity index (χ4n) is 3.14. The molecule has 0 amide bonds. The van der Waals surface area contributed by atoms with Gasteiger partial charge in [-0.3, -0.25) is 4.90 Å². The van der Waals surface area contributed by atoms with Crippen LogP contribution >= 0.6 is 11.3 Å². The van der Waals surface area contributed by atoms with E-state index in [-0.39, 0.29) is 12.2 Å². The molecule has 2 aliphatic rings. The van der Waals surface area contributed by atoms with Crippen LogP contribution in [0.4, 0.5) is 0 Å². The number of thiophene rings is 1. The highest BCUT2D eigenvalue weighted by Crippen LogP contribution is 2.32. The van der Waals surface area contributed by atoms with Gasteiger partial charge in [0.25, 0.3) is 0 Å². The van der Waals surface area contributed by atoms with Crippen LogP contribution in [0.2, 0.25) is 0 Å². The van der Waals surface area contributed by atoms with E-state index in [0.717, 1.165) is 19.7 Å². The van der Waals surface area contributed by atoms with Crippen LogP contribution < -0.4 is 0 Å². The zero-order chi connectivity index (χ0) is 12.5. The molecule has 2 aliphatic heterocycles. The summed E-state index contributed by atoms with van der Waals surface area (Å²) in [5, 5.41) is 2.18. The van der Waals surface area contributed by atoms with Crippen LogP contribution in [0.1, 0.15) is 23.3 Å². The average Bonchev–Trinajstić information content (AvgIpc) is 2.95. The molecule has 3 rings (SSSR count). The number of aryl methyl sites for hydroxylation is 1. The first-order chi connectivity index (χ1) is 8.79. The molecular formula is C14H21NO2S. The predicted octanol–water partition coefficient (Wildman–Crippen LogP) is 2.43. The first-order valence-electron chi connectivity index (χ1n) is 6.71. The Morgan fingerprint density at radius 2 is 2.44 bits per heavy atom. The maximum Gasteiger partial charge on any atom is 0.100 e. The standard InChI is InChI=1S/C14H21NO2S/c1-10-5-7-18-13(10)9-15-8-12(16-2)14-11(15)4-3-6-17-14/h5,7,11-12,14H,3-4,6,8-9H2,1-2H3/t11-,12-,14+/m1/s1. The molecule has 0 spiro atoms. The van der Waals surface area contributed by atoms with Crippen LogP contribution in [0.25, 0.3) is 0 Å². The van der Waals surface area contributed by atoms with Gasteiger partial charge in [-0.1, -0.05) is 0 Å². The van der Waals surface area contributed by atoms with Crippen molar-refractivity contribution in [1.29, 1.82) is 0 Å². The van der Waals surface area contributed by atoms with Crippen molar-refractivity contribution in [2.24, 2.45) is 0 Å². The SMILES string of the molecule is CO[C@@H]1CN(Cc2sccc2C)[C@@H]2CCCO[C@@H]21. The van der Waals surface area contributed by atoms with Crippen molar-refractivity contribution in [3.8, 4) is 0 Å². The second-order valence-electron chi connectivity index (χ2n) is 5.28. The molecule has 0 N–H and O–H groups in total. The Labute approximate surface area is 113 Å². The summed E-state index contributed by atoms with van der Waals surface area (Å²) >= 11 is 1.86. The third-order valence-corrected chi connectivity index (χ3v) is 5.21. The van der Waals surface area contributed by atoms with Gasteiger partial charge in [-0.25, -0.2) is 0 Å². The molecule has 0 aromatic carbocycles. The molecule has 0 saturated carbocycles. The molecule has 1 aromatic heterocycles. The van der Waals surface area contributed by atoms with Crippen LogP contribution in [0.3, 0.4) is 0 Å².